The van der Waals surface area contributed by atoms with Gasteiger partial charge in [0.15, 0.2) is 11.6 Å². The van der Waals surface area contributed by atoms with Gasteiger partial charge in [-0.3, -0.25) is 9.48 Å². The van der Waals surface area contributed by atoms with Crippen LogP contribution in [0.3, 0.4) is 0 Å². The molecule has 1 amide bonds. The van der Waals surface area contributed by atoms with Crippen LogP contribution in [0.1, 0.15) is 21.9 Å². The first kappa shape index (κ1) is 20.6. The zero-order valence-corrected chi connectivity index (χ0v) is 17.5. The molecule has 2 aromatic heterocycles. The molecule has 4 rings (SSSR count). The molecule has 0 saturated carbocycles. The van der Waals surface area contributed by atoms with Crippen LogP contribution in [0, 0.1) is 0 Å². The number of carbonyl (C=O) groups is 1. The number of amides is 1. The standard InChI is InChI=1S/C23H20ClN3O4/c1-29-18-5-7-19(8-6-18)30-15-20-9-10-21(31-20)23(28)25-22-11-12-27(26-22)14-16-3-2-4-17(24)13-16/h2-13H,14-15H2,1H3,(H,25,26,28). The molecule has 0 aliphatic carbocycles. The molecule has 0 bridgehead atoms. The molecular weight excluding hydrogens is 418 g/mol. The van der Waals surface area contributed by atoms with Gasteiger partial charge in [-0.25, -0.2) is 0 Å². The Bertz CT molecular complexity index is 1170. The number of carbonyl (C=O) groups excluding carboxylic acids is 1. The summed E-state index contributed by atoms with van der Waals surface area (Å²) in [5.74, 6) is 2.18. The highest BCUT2D eigenvalue weighted by Gasteiger charge is 2.13. The predicted octanol–water partition coefficient (Wildman–Crippen LogP) is 5.02. The second-order valence-corrected chi connectivity index (χ2v) is 7.15. The van der Waals surface area contributed by atoms with Crippen LogP contribution in [-0.2, 0) is 13.2 Å². The summed E-state index contributed by atoms with van der Waals surface area (Å²) in [4.78, 5) is 12.5. The van der Waals surface area contributed by atoms with Gasteiger partial charge < -0.3 is 19.2 Å². The number of ether oxygens (including phenoxy) is 2. The maximum absolute atomic E-state index is 12.5. The van der Waals surface area contributed by atoms with Crippen molar-refractivity contribution >= 4 is 23.3 Å². The van der Waals surface area contributed by atoms with Gasteiger partial charge >= 0.3 is 0 Å². The van der Waals surface area contributed by atoms with Crippen LogP contribution in [0.4, 0.5) is 5.82 Å². The van der Waals surface area contributed by atoms with E-state index in [0.29, 0.717) is 28.9 Å². The number of hydrogen-bond donors (Lipinski definition) is 1. The van der Waals surface area contributed by atoms with Crippen LogP contribution in [0.25, 0.3) is 0 Å². The second-order valence-electron chi connectivity index (χ2n) is 6.71. The van der Waals surface area contributed by atoms with Crippen molar-refractivity contribution in [2.75, 3.05) is 12.4 Å². The van der Waals surface area contributed by atoms with Gasteiger partial charge in [0.25, 0.3) is 5.91 Å². The lowest BCUT2D eigenvalue weighted by Gasteiger charge is -2.05. The lowest BCUT2D eigenvalue weighted by atomic mass is 10.2. The maximum Gasteiger partial charge on any atom is 0.292 e. The first-order valence-corrected chi connectivity index (χ1v) is 9.92. The number of methoxy groups -OCH3 is 1. The van der Waals surface area contributed by atoms with Crippen molar-refractivity contribution in [1.29, 1.82) is 0 Å². The van der Waals surface area contributed by atoms with Gasteiger partial charge in [-0.15, -0.1) is 0 Å². The van der Waals surface area contributed by atoms with E-state index in [1.165, 1.54) is 0 Å². The zero-order chi connectivity index (χ0) is 21.6. The topological polar surface area (TPSA) is 78.5 Å². The molecule has 158 valence electrons. The van der Waals surface area contributed by atoms with Crippen LogP contribution >= 0.6 is 11.6 Å². The van der Waals surface area contributed by atoms with Gasteiger partial charge in [0.05, 0.1) is 13.7 Å². The summed E-state index contributed by atoms with van der Waals surface area (Å²) >= 11 is 6.01. The van der Waals surface area contributed by atoms with Crippen molar-refractivity contribution in [2.24, 2.45) is 0 Å². The molecular formula is C23H20ClN3O4. The van der Waals surface area contributed by atoms with E-state index in [0.717, 1.165) is 11.3 Å². The lowest BCUT2D eigenvalue weighted by molar-refractivity contribution is 0.0992. The first-order chi connectivity index (χ1) is 15.1. The van der Waals surface area contributed by atoms with E-state index in [1.807, 2.05) is 36.4 Å². The second kappa shape index (κ2) is 9.40. The summed E-state index contributed by atoms with van der Waals surface area (Å²) in [6, 6.07) is 19.8. The van der Waals surface area contributed by atoms with E-state index in [1.54, 1.807) is 48.3 Å². The summed E-state index contributed by atoms with van der Waals surface area (Å²) < 4.78 is 18.1. The third kappa shape index (κ3) is 5.46. The SMILES string of the molecule is COc1ccc(OCc2ccc(C(=O)Nc3ccn(Cc4cccc(Cl)c4)n3)o2)cc1. The Kier molecular flexibility index (Phi) is 6.24. The Hall–Kier alpha value is -3.71. The van der Waals surface area contributed by atoms with Crippen LogP contribution in [0.2, 0.25) is 5.02 Å². The van der Waals surface area contributed by atoms with Gasteiger partial charge in [-0.2, -0.15) is 5.10 Å². The summed E-state index contributed by atoms with van der Waals surface area (Å²) in [5.41, 5.74) is 1.01. The van der Waals surface area contributed by atoms with Gasteiger partial charge in [-0.1, -0.05) is 23.7 Å². The van der Waals surface area contributed by atoms with Crippen molar-refractivity contribution < 1.29 is 18.7 Å². The molecule has 2 aromatic carbocycles. The Labute approximate surface area is 184 Å². The molecule has 8 heteroatoms. The number of halogens is 1. The minimum Gasteiger partial charge on any atom is -0.497 e. The highest BCUT2D eigenvalue weighted by molar-refractivity contribution is 6.30. The normalized spacial score (nSPS) is 10.6. The van der Waals surface area contributed by atoms with Gasteiger partial charge in [0, 0.05) is 17.3 Å². The fraction of sp³-hybridized carbons (Fsp3) is 0.130. The first-order valence-electron chi connectivity index (χ1n) is 9.54. The molecule has 0 fully saturated rings. The van der Waals surface area contributed by atoms with Crippen molar-refractivity contribution in [3.63, 3.8) is 0 Å². The van der Waals surface area contributed by atoms with E-state index in [2.05, 4.69) is 10.4 Å². The molecule has 1 N–H and O–H groups in total. The van der Waals surface area contributed by atoms with E-state index in [4.69, 9.17) is 25.5 Å². The number of furan rings is 1. The average Bonchev–Trinajstić information content (AvgIpc) is 3.42. The van der Waals surface area contributed by atoms with Crippen LogP contribution in [-0.4, -0.2) is 22.8 Å². The van der Waals surface area contributed by atoms with E-state index >= 15 is 0 Å². The van der Waals surface area contributed by atoms with Crippen molar-refractivity contribution in [1.82, 2.24) is 9.78 Å². The summed E-state index contributed by atoms with van der Waals surface area (Å²) in [6.07, 6.45) is 1.78. The molecule has 0 radical (unpaired) electrons. The minimum absolute atomic E-state index is 0.178. The van der Waals surface area contributed by atoms with Crippen molar-refractivity contribution in [3.05, 3.63) is 95.0 Å². The van der Waals surface area contributed by atoms with E-state index in [-0.39, 0.29) is 18.3 Å². The van der Waals surface area contributed by atoms with Crippen molar-refractivity contribution in [2.45, 2.75) is 13.2 Å². The van der Waals surface area contributed by atoms with Gasteiger partial charge in [0.2, 0.25) is 0 Å². The fourth-order valence-corrected chi connectivity index (χ4v) is 3.13. The lowest BCUT2D eigenvalue weighted by Crippen LogP contribution is -2.12. The molecule has 0 aliphatic rings. The molecule has 0 unspecified atom stereocenters. The van der Waals surface area contributed by atoms with Gasteiger partial charge in [-0.05, 0) is 54.1 Å². The number of nitrogens with one attached hydrogen (secondary N) is 1. The summed E-state index contributed by atoms with van der Waals surface area (Å²) in [7, 11) is 1.61. The number of anilines is 1. The van der Waals surface area contributed by atoms with Crippen LogP contribution in [0.15, 0.2) is 77.3 Å². The van der Waals surface area contributed by atoms with Gasteiger partial charge in [0.1, 0.15) is 23.9 Å². The molecule has 0 spiro atoms. The largest absolute Gasteiger partial charge is 0.497 e. The fourth-order valence-electron chi connectivity index (χ4n) is 2.92. The molecule has 0 atom stereocenters. The molecule has 4 aromatic rings. The number of rotatable bonds is 8. The number of aromatic nitrogens is 2. The number of nitrogens with zero attached hydrogens (tertiary/aromatic N) is 2. The molecule has 0 aliphatic heterocycles. The quantitative estimate of drug-likeness (QED) is 0.419. The highest BCUT2D eigenvalue weighted by Crippen LogP contribution is 2.19. The molecule has 2 heterocycles. The molecule has 0 saturated heterocycles. The summed E-state index contributed by atoms with van der Waals surface area (Å²) in [6.45, 7) is 0.748. The third-order valence-corrected chi connectivity index (χ3v) is 4.68. The number of benzene rings is 2. The third-order valence-electron chi connectivity index (χ3n) is 4.44. The van der Waals surface area contributed by atoms with E-state index in [9.17, 15) is 4.79 Å². The average molecular weight is 438 g/mol. The Morgan fingerprint density at radius 1 is 1.10 bits per heavy atom. The van der Waals surface area contributed by atoms with E-state index < -0.39 is 0 Å². The Morgan fingerprint density at radius 3 is 2.68 bits per heavy atom. The monoisotopic (exact) mass is 437 g/mol. The highest BCUT2D eigenvalue weighted by atomic mass is 35.5. The van der Waals surface area contributed by atoms with Crippen LogP contribution < -0.4 is 14.8 Å². The molecule has 31 heavy (non-hydrogen) atoms. The molecule has 7 nitrogen and oxygen atoms in total. The Morgan fingerprint density at radius 2 is 1.90 bits per heavy atom. The minimum atomic E-state index is -0.385. The number of hydrogen-bond acceptors (Lipinski definition) is 5. The van der Waals surface area contributed by atoms with Crippen LogP contribution in [0.5, 0.6) is 11.5 Å². The summed E-state index contributed by atoms with van der Waals surface area (Å²) in [5, 5.41) is 7.76. The maximum atomic E-state index is 12.5. The Balaban J connectivity index is 1.32. The predicted molar refractivity (Wildman–Crippen MR) is 117 cm³/mol. The van der Waals surface area contributed by atoms with Crippen molar-refractivity contribution in [3.8, 4) is 11.5 Å². The zero-order valence-electron chi connectivity index (χ0n) is 16.7. The smallest absolute Gasteiger partial charge is 0.292 e.